The maximum atomic E-state index is 12.6. The monoisotopic (exact) mass is 400 g/mol. The number of anilines is 1. The van der Waals surface area contributed by atoms with Crippen molar-refractivity contribution in [2.75, 3.05) is 5.32 Å². The lowest BCUT2D eigenvalue weighted by Crippen LogP contribution is -2.41. The molecule has 0 aliphatic heterocycles. The summed E-state index contributed by atoms with van der Waals surface area (Å²) in [5, 5.41) is 21.6. The first-order valence-corrected chi connectivity index (χ1v) is 10.8. The van der Waals surface area contributed by atoms with Crippen molar-refractivity contribution < 1.29 is 23.3 Å². The lowest BCUT2D eigenvalue weighted by molar-refractivity contribution is 0.256. The number of aryl methyl sites for hydroxylation is 2. The highest BCUT2D eigenvalue weighted by Gasteiger charge is 2.28. The van der Waals surface area contributed by atoms with Crippen LogP contribution in [0.15, 0.2) is 35.2 Å². The predicted molar refractivity (Wildman–Crippen MR) is 106 cm³/mol. The third-order valence-electron chi connectivity index (χ3n) is 5.43. The van der Waals surface area contributed by atoms with E-state index in [2.05, 4.69) is 11.4 Å². The lowest BCUT2D eigenvalue weighted by atomic mass is 9.80. The van der Waals surface area contributed by atoms with Gasteiger partial charge in [0.15, 0.2) is 0 Å². The molecular formula is C19H21BN2O5S. The van der Waals surface area contributed by atoms with Crippen LogP contribution in [0.3, 0.4) is 0 Å². The molecule has 4 N–H and O–H groups in total. The Bertz CT molecular complexity index is 1020. The first-order chi connectivity index (χ1) is 13.4. The van der Waals surface area contributed by atoms with Gasteiger partial charge in [-0.25, -0.2) is 17.9 Å². The molecule has 0 atom stereocenters. The maximum absolute atomic E-state index is 12.6. The second kappa shape index (κ2) is 7.23. The zero-order valence-corrected chi connectivity index (χ0v) is 16.1. The van der Waals surface area contributed by atoms with Gasteiger partial charge in [-0.05, 0) is 66.8 Å². The highest BCUT2D eigenvalue weighted by molar-refractivity contribution is 7.90. The average molecular weight is 400 g/mol. The van der Waals surface area contributed by atoms with E-state index in [-0.39, 0.29) is 10.4 Å². The summed E-state index contributed by atoms with van der Waals surface area (Å²) in [6.45, 7) is 0. The van der Waals surface area contributed by atoms with Gasteiger partial charge in [0.25, 0.3) is 10.0 Å². The molecule has 28 heavy (non-hydrogen) atoms. The normalized spacial score (nSPS) is 15.1. The smallest absolute Gasteiger partial charge is 0.423 e. The Hall–Kier alpha value is -2.36. The lowest BCUT2D eigenvalue weighted by Gasteiger charge is -2.17. The zero-order chi connectivity index (χ0) is 19.9. The van der Waals surface area contributed by atoms with Crippen molar-refractivity contribution in [2.24, 2.45) is 0 Å². The Morgan fingerprint density at radius 1 is 0.964 bits per heavy atom. The summed E-state index contributed by atoms with van der Waals surface area (Å²) in [6.07, 6.45) is 5.72. The zero-order valence-electron chi connectivity index (χ0n) is 15.2. The highest BCUT2D eigenvalue weighted by atomic mass is 32.2. The quantitative estimate of drug-likeness (QED) is 0.568. The molecule has 0 spiro atoms. The molecule has 2 aliphatic carbocycles. The molecule has 7 nitrogen and oxygen atoms in total. The van der Waals surface area contributed by atoms with Gasteiger partial charge in [0.2, 0.25) is 0 Å². The Balaban J connectivity index is 1.61. The fraction of sp³-hybridized carbons (Fsp3) is 0.316. The minimum absolute atomic E-state index is 0.190. The highest BCUT2D eigenvalue weighted by Crippen LogP contribution is 2.38. The molecule has 146 valence electrons. The van der Waals surface area contributed by atoms with Crippen LogP contribution in [0.1, 0.15) is 35.1 Å². The number of urea groups is 1. The molecule has 0 heterocycles. The molecule has 0 aromatic heterocycles. The first kappa shape index (κ1) is 19.0. The number of carbonyl (C=O) groups excluding carboxylic acids is 1. The second-order valence-corrected chi connectivity index (χ2v) is 8.86. The van der Waals surface area contributed by atoms with Gasteiger partial charge in [-0.3, -0.25) is 0 Å². The number of hydrogen-bond acceptors (Lipinski definition) is 5. The van der Waals surface area contributed by atoms with E-state index < -0.39 is 23.2 Å². The van der Waals surface area contributed by atoms with Crippen molar-refractivity contribution in [3.8, 4) is 0 Å². The average Bonchev–Trinajstić information content (AvgIpc) is 3.30. The Labute approximate surface area is 164 Å². The number of benzene rings is 2. The van der Waals surface area contributed by atoms with Crippen molar-refractivity contribution in [3.05, 3.63) is 52.6 Å². The van der Waals surface area contributed by atoms with E-state index in [0.29, 0.717) is 0 Å². The molecule has 0 radical (unpaired) electrons. The van der Waals surface area contributed by atoms with Gasteiger partial charge < -0.3 is 15.4 Å². The number of rotatable bonds is 4. The van der Waals surface area contributed by atoms with Crippen molar-refractivity contribution in [1.82, 2.24) is 4.72 Å². The number of sulfonamides is 1. The van der Waals surface area contributed by atoms with Crippen LogP contribution >= 0.6 is 0 Å². The van der Waals surface area contributed by atoms with Gasteiger partial charge in [-0.1, -0.05) is 24.3 Å². The van der Waals surface area contributed by atoms with Crippen LogP contribution in [0.25, 0.3) is 0 Å². The Morgan fingerprint density at radius 2 is 1.57 bits per heavy atom. The molecule has 2 amide bonds. The molecule has 2 aromatic rings. The van der Waals surface area contributed by atoms with E-state index in [1.807, 2.05) is 4.72 Å². The largest absolute Gasteiger partial charge is 0.489 e. The van der Waals surface area contributed by atoms with Crippen LogP contribution in [0.2, 0.25) is 0 Å². The minimum atomic E-state index is -4.27. The summed E-state index contributed by atoms with van der Waals surface area (Å²) in [5.74, 6) is 0. The van der Waals surface area contributed by atoms with Gasteiger partial charge in [0.05, 0.1) is 4.90 Å². The van der Waals surface area contributed by atoms with Crippen molar-refractivity contribution in [2.45, 2.75) is 43.4 Å². The third kappa shape index (κ3) is 3.41. The van der Waals surface area contributed by atoms with Gasteiger partial charge in [-0.2, -0.15) is 0 Å². The van der Waals surface area contributed by atoms with Crippen LogP contribution in [-0.2, 0) is 35.7 Å². The molecular weight excluding hydrogens is 379 g/mol. The van der Waals surface area contributed by atoms with Crippen molar-refractivity contribution in [1.29, 1.82) is 0 Å². The van der Waals surface area contributed by atoms with Gasteiger partial charge in [0.1, 0.15) is 0 Å². The van der Waals surface area contributed by atoms with Crippen LogP contribution in [0, 0.1) is 0 Å². The van der Waals surface area contributed by atoms with E-state index in [9.17, 15) is 23.3 Å². The second-order valence-electron chi connectivity index (χ2n) is 7.21. The van der Waals surface area contributed by atoms with Gasteiger partial charge >= 0.3 is 13.1 Å². The fourth-order valence-corrected chi connectivity index (χ4v) is 5.37. The summed E-state index contributed by atoms with van der Waals surface area (Å²) in [7, 11) is -6.23. The molecule has 4 rings (SSSR count). The number of hydrogen-bond donors (Lipinski definition) is 4. The Morgan fingerprint density at radius 3 is 2.18 bits per heavy atom. The standard InChI is InChI=1S/C19H21BN2O5S/c23-19(22-28(26,27)17-10-2-1-9-16(17)20(24)25)21-18-14-7-3-5-12(14)11-13-6-4-8-15(13)18/h1-2,9-11,24-25H,3-8H2,(H2,21,22,23). The molecule has 2 aliphatic rings. The molecule has 0 saturated carbocycles. The van der Waals surface area contributed by atoms with Gasteiger partial charge in [0, 0.05) is 11.2 Å². The number of nitrogens with one attached hydrogen (secondary N) is 2. The van der Waals surface area contributed by atoms with E-state index >= 15 is 0 Å². The third-order valence-corrected chi connectivity index (χ3v) is 6.83. The fourth-order valence-electron chi connectivity index (χ4n) is 4.22. The van der Waals surface area contributed by atoms with Crippen molar-refractivity contribution in [3.63, 3.8) is 0 Å². The van der Waals surface area contributed by atoms with Crippen LogP contribution < -0.4 is 15.5 Å². The maximum Gasteiger partial charge on any atom is 0.489 e. The number of amides is 2. The van der Waals surface area contributed by atoms with Crippen molar-refractivity contribution >= 4 is 34.3 Å². The topological polar surface area (TPSA) is 116 Å². The van der Waals surface area contributed by atoms with Gasteiger partial charge in [-0.15, -0.1) is 0 Å². The van der Waals surface area contributed by atoms with E-state index in [4.69, 9.17) is 0 Å². The SMILES string of the molecule is O=C(Nc1c2c(cc3c1CCC3)CCC2)NS(=O)(=O)c1ccccc1B(O)O. The van der Waals surface area contributed by atoms with E-state index in [1.165, 1.54) is 35.4 Å². The summed E-state index contributed by atoms with van der Waals surface area (Å²) in [6, 6.07) is 6.83. The molecule has 0 unspecified atom stereocenters. The minimum Gasteiger partial charge on any atom is -0.423 e. The molecule has 0 saturated heterocycles. The summed E-state index contributed by atoms with van der Waals surface area (Å²) in [5.41, 5.74) is 5.20. The predicted octanol–water partition coefficient (Wildman–Crippen LogP) is 0.854. The number of fused-ring (bicyclic) bond motifs is 2. The molecule has 0 bridgehead atoms. The molecule has 2 aromatic carbocycles. The van der Waals surface area contributed by atoms with Crippen LogP contribution in [0.4, 0.5) is 10.5 Å². The van der Waals surface area contributed by atoms with E-state index in [1.54, 1.807) is 0 Å². The summed E-state index contributed by atoms with van der Waals surface area (Å²) < 4.78 is 27.3. The van der Waals surface area contributed by atoms with Crippen LogP contribution in [-0.4, -0.2) is 31.6 Å². The van der Waals surface area contributed by atoms with E-state index in [0.717, 1.165) is 55.3 Å². The molecule has 9 heteroatoms. The molecule has 0 fully saturated rings. The summed E-state index contributed by atoms with van der Waals surface area (Å²) in [4.78, 5) is 12.2. The van der Waals surface area contributed by atoms with Crippen LogP contribution in [0.5, 0.6) is 0 Å². The number of carbonyl (C=O) groups is 1. The Kier molecular flexibility index (Phi) is 4.90. The first-order valence-electron chi connectivity index (χ1n) is 9.32. The summed E-state index contributed by atoms with van der Waals surface area (Å²) >= 11 is 0.